The third kappa shape index (κ3) is 49.3. The molecule has 0 saturated carbocycles. The number of unbranched alkanes of at least 4 members (excludes halogenated alkanes) is 37. The van der Waals surface area contributed by atoms with E-state index >= 15 is 0 Å². The summed E-state index contributed by atoms with van der Waals surface area (Å²) in [6.07, 6.45) is 52.4. The third-order valence-corrected chi connectivity index (χ3v) is 12.5. The van der Waals surface area contributed by atoms with Crippen LogP contribution in [-0.4, -0.2) is 37.2 Å². The van der Waals surface area contributed by atoms with Gasteiger partial charge >= 0.3 is 17.9 Å². The molecule has 0 aliphatic carbocycles. The minimum absolute atomic E-state index is 0.0627. The zero-order chi connectivity index (χ0) is 44.5. The van der Waals surface area contributed by atoms with Crippen LogP contribution < -0.4 is 0 Å². The Morgan fingerprint density at radius 1 is 0.311 bits per heavy atom. The van der Waals surface area contributed by atoms with Crippen molar-refractivity contribution in [3.8, 4) is 0 Å². The van der Waals surface area contributed by atoms with Crippen molar-refractivity contribution in [1.82, 2.24) is 0 Å². The summed E-state index contributed by atoms with van der Waals surface area (Å²) in [6, 6.07) is 0. The van der Waals surface area contributed by atoms with Crippen LogP contribution in [0, 0.1) is 5.92 Å². The molecule has 0 rings (SSSR count). The Morgan fingerprint density at radius 3 is 0.803 bits per heavy atom. The van der Waals surface area contributed by atoms with Gasteiger partial charge in [0.05, 0.1) is 0 Å². The second-order valence-electron chi connectivity index (χ2n) is 19.3. The fraction of sp³-hybridized carbons (Fsp3) is 0.945. The van der Waals surface area contributed by atoms with Crippen molar-refractivity contribution in [3.63, 3.8) is 0 Å². The fourth-order valence-electron chi connectivity index (χ4n) is 8.39. The standard InChI is InChI=1S/C55H106O6/c1-5-7-9-11-13-15-17-19-21-22-24-26-28-30-36-40-44-48-55(58)61-52(50-60-54(57)47-43-39-35-32-31-33-37-41-45-51(3)4)49-59-53(56)46-42-38-34-29-27-25-23-20-18-16-14-12-10-8-6-2/h51-52H,5-50H2,1-4H3/t52-/m0/s1. The maximum absolute atomic E-state index is 12.8. The first-order valence-electron chi connectivity index (χ1n) is 27.4. The highest BCUT2D eigenvalue weighted by molar-refractivity contribution is 5.71. The summed E-state index contributed by atoms with van der Waals surface area (Å²) in [7, 11) is 0. The topological polar surface area (TPSA) is 78.9 Å². The van der Waals surface area contributed by atoms with Crippen LogP contribution in [0.3, 0.4) is 0 Å². The van der Waals surface area contributed by atoms with E-state index < -0.39 is 6.10 Å². The Labute approximate surface area is 380 Å². The Kier molecular flexibility index (Phi) is 48.1. The minimum Gasteiger partial charge on any atom is -0.462 e. The fourth-order valence-corrected chi connectivity index (χ4v) is 8.39. The van der Waals surface area contributed by atoms with Crippen LogP contribution in [0.5, 0.6) is 0 Å². The lowest BCUT2D eigenvalue weighted by Crippen LogP contribution is -2.30. The SMILES string of the molecule is CCCCCCCCCCCCCCCCCCCC(=O)O[C@@H](COC(=O)CCCCCCCCCCCCCCCCC)COC(=O)CCCCCCCCCCC(C)C. The Balaban J connectivity index is 4.28. The molecule has 6 heteroatoms. The average molecular weight is 863 g/mol. The second kappa shape index (κ2) is 49.4. The molecule has 1 atom stereocenters. The highest BCUT2D eigenvalue weighted by atomic mass is 16.6. The van der Waals surface area contributed by atoms with Crippen molar-refractivity contribution in [2.75, 3.05) is 13.2 Å². The van der Waals surface area contributed by atoms with Crippen LogP contribution in [0.4, 0.5) is 0 Å². The van der Waals surface area contributed by atoms with Crippen molar-refractivity contribution >= 4 is 17.9 Å². The molecule has 61 heavy (non-hydrogen) atoms. The van der Waals surface area contributed by atoms with E-state index in [-0.39, 0.29) is 31.1 Å². The van der Waals surface area contributed by atoms with E-state index in [1.807, 2.05) is 0 Å². The first kappa shape index (κ1) is 59.4. The van der Waals surface area contributed by atoms with Gasteiger partial charge in [0.25, 0.3) is 0 Å². The zero-order valence-corrected chi connectivity index (χ0v) is 41.6. The molecule has 0 aromatic carbocycles. The van der Waals surface area contributed by atoms with E-state index in [9.17, 15) is 14.4 Å². The van der Waals surface area contributed by atoms with Crippen LogP contribution >= 0.6 is 0 Å². The lowest BCUT2D eigenvalue weighted by Gasteiger charge is -2.18. The van der Waals surface area contributed by atoms with Gasteiger partial charge in [-0.05, 0) is 25.2 Å². The number of hydrogen-bond donors (Lipinski definition) is 0. The molecule has 0 radical (unpaired) electrons. The van der Waals surface area contributed by atoms with E-state index in [4.69, 9.17) is 14.2 Å². The highest BCUT2D eigenvalue weighted by Crippen LogP contribution is 2.17. The van der Waals surface area contributed by atoms with Gasteiger partial charge in [0.1, 0.15) is 13.2 Å². The van der Waals surface area contributed by atoms with Crippen LogP contribution in [0.15, 0.2) is 0 Å². The summed E-state index contributed by atoms with van der Waals surface area (Å²) in [5, 5.41) is 0. The predicted molar refractivity (Wildman–Crippen MR) is 261 cm³/mol. The van der Waals surface area contributed by atoms with Crippen molar-refractivity contribution < 1.29 is 28.6 Å². The second-order valence-corrected chi connectivity index (χ2v) is 19.3. The number of carbonyl (C=O) groups excluding carboxylic acids is 3. The molecule has 0 N–H and O–H groups in total. The number of hydrogen-bond acceptors (Lipinski definition) is 6. The van der Waals surface area contributed by atoms with E-state index in [0.717, 1.165) is 63.7 Å². The minimum atomic E-state index is -0.761. The monoisotopic (exact) mass is 863 g/mol. The van der Waals surface area contributed by atoms with Gasteiger partial charge < -0.3 is 14.2 Å². The number of rotatable bonds is 50. The van der Waals surface area contributed by atoms with Crippen molar-refractivity contribution in [1.29, 1.82) is 0 Å². The molecular weight excluding hydrogens is 757 g/mol. The van der Waals surface area contributed by atoms with Crippen LogP contribution in [0.25, 0.3) is 0 Å². The summed E-state index contributed by atoms with van der Waals surface area (Å²) < 4.78 is 16.8. The largest absolute Gasteiger partial charge is 0.462 e. The Morgan fingerprint density at radius 2 is 0.541 bits per heavy atom. The van der Waals surface area contributed by atoms with Gasteiger partial charge in [-0.15, -0.1) is 0 Å². The zero-order valence-electron chi connectivity index (χ0n) is 41.6. The number of ether oxygens (including phenoxy) is 3. The number of carbonyl (C=O) groups is 3. The molecule has 0 spiro atoms. The first-order valence-corrected chi connectivity index (χ1v) is 27.4. The maximum Gasteiger partial charge on any atom is 0.306 e. The smallest absolute Gasteiger partial charge is 0.306 e. The summed E-state index contributed by atoms with van der Waals surface area (Å²) >= 11 is 0. The lowest BCUT2D eigenvalue weighted by atomic mass is 10.0. The third-order valence-electron chi connectivity index (χ3n) is 12.5. The quantitative estimate of drug-likeness (QED) is 0.0344. The molecule has 0 unspecified atom stereocenters. The van der Waals surface area contributed by atoms with Gasteiger partial charge in [-0.25, -0.2) is 0 Å². The molecule has 0 fully saturated rings. The van der Waals surface area contributed by atoms with E-state index in [1.54, 1.807) is 0 Å². The van der Waals surface area contributed by atoms with E-state index in [0.29, 0.717) is 19.3 Å². The van der Waals surface area contributed by atoms with E-state index in [1.165, 1.54) is 205 Å². The molecule has 0 aliphatic rings. The molecule has 0 aromatic heterocycles. The molecule has 0 amide bonds. The van der Waals surface area contributed by atoms with Crippen molar-refractivity contribution in [2.24, 2.45) is 5.92 Å². The molecule has 0 heterocycles. The van der Waals surface area contributed by atoms with Gasteiger partial charge in [0.2, 0.25) is 0 Å². The lowest BCUT2D eigenvalue weighted by molar-refractivity contribution is -0.167. The molecule has 0 aliphatic heterocycles. The normalized spacial score (nSPS) is 12.0. The Bertz CT molecular complexity index is 918. The maximum atomic E-state index is 12.8. The summed E-state index contributed by atoms with van der Waals surface area (Å²) in [4.78, 5) is 38.0. The van der Waals surface area contributed by atoms with Crippen molar-refractivity contribution in [3.05, 3.63) is 0 Å². The van der Waals surface area contributed by atoms with Crippen molar-refractivity contribution in [2.45, 2.75) is 316 Å². The number of esters is 3. The average Bonchev–Trinajstić information content (AvgIpc) is 3.24. The molecule has 6 nitrogen and oxygen atoms in total. The van der Waals surface area contributed by atoms with E-state index in [2.05, 4.69) is 27.7 Å². The van der Waals surface area contributed by atoms with Crippen LogP contribution in [0.1, 0.15) is 310 Å². The molecular formula is C55H106O6. The van der Waals surface area contributed by atoms with Gasteiger partial charge in [0, 0.05) is 19.3 Å². The van der Waals surface area contributed by atoms with Gasteiger partial charge in [-0.3, -0.25) is 14.4 Å². The van der Waals surface area contributed by atoms with Crippen LogP contribution in [-0.2, 0) is 28.6 Å². The highest BCUT2D eigenvalue weighted by Gasteiger charge is 2.19. The summed E-state index contributed by atoms with van der Waals surface area (Å²) in [6.45, 7) is 9.01. The molecule has 0 aromatic rings. The van der Waals surface area contributed by atoms with Gasteiger partial charge in [0.15, 0.2) is 6.10 Å². The summed E-state index contributed by atoms with van der Waals surface area (Å²) in [5.74, 6) is -0.0454. The first-order chi connectivity index (χ1) is 29.9. The predicted octanol–water partition coefficient (Wildman–Crippen LogP) is 17.8. The van der Waals surface area contributed by atoms with Crippen LogP contribution in [0.2, 0.25) is 0 Å². The van der Waals surface area contributed by atoms with Gasteiger partial charge in [-0.1, -0.05) is 272 Å². The molecule has 362 valence electrons. The summed E-state index contributed by atoms with van der Waals surface area (Å²) in [5.41, 5.74) is 0. The Hall–Kier alpha value is -1.59. The molecule has 0 bridgehead atoms. The molecule has 0 saturated heterocycles. The van der Waals surface area contributed by atoms with Gasteiger partial charge in [-0.2, -0.15) is 0 Å².